The zero-order chi connectivity index (χ0) is 13.7. The smallest absolute Gasteiger partial charge is 0.236 e. The average molecular weight is 324 g/mol. The van der Waals surface area contributed by atoms with Gasteiger partial charge in [0, 0.05) is 0 Å². The molecule has 1 aliphatic carbocycles. The van der Waals surface area contributed by atoms with Crippen molar-refractivity contribution in [3.05, 3.63) is 39.2 Å². The number of carbonyl (C=O) groups excluding carboxylic acids is 2. The molecule has 7 heteroatoms. The van der Waals surface area contributed by atoms with Gasteiger partial charge in [-0.05, 0) is 28.1 Å². The highest BCUT2D eigenvalue weighted by molar-refractivity contribution is 9.10. The first-order chi connectivity index (χ1) is 9.06. The van der Waals surface area contributed by atoms with Crippen LogP contribution in [0.1, 0.15) is 32.0 Å². The van der Waals surface area contributed by atoms with Crippen molar-refractivity contribution >= 4 is 27.5 Å². The molecule has 19 heavy (non-hydrogen) atoms. The summed E-state index contributed by atoms with van der Waals surface area (Å²) in [6.45, 7) is 0. The number of rotatable bonds is 1. The van der Waals surface area contributed by atoms with Crippen LogP contribution in [0.5, 0.6) is 11.5 Å². The minimum Gasteiger partial charge on any atom is -0.507 e. The highest BCUT2D eigenvalue weighted by atomic mass is 79.9. The van der Waals surface area contributed by atoms with E-state index in [9.17, 15) is 14.7 Å². The average Bonchev–Trinajstić information content (AvgIpc) is 2.78. The topological polar surface area (TPSA) is 89.6 Å². The number of fused-ring (bicyclic) bond motifs is 2. The molecule has 96 valence electrons. The number of aromatic nitrogens is 1. The van der Waals surface area contributed by atoms with Crippen LogP contribution < -0.4 is 4.74 Å². The third-order valence-electron chi connectivity index (χ3n) is 2.90. The molecule has 0 unspecified atom stereocenters. The molecular formula is C12H6BrNO5. The lowest BCUT2D eigenvalue weighted by Gasteiger charge is -2.16. The van der Waals surface area contributed by atoms with Crippen molar-refractivity contribution in [1.82, 2.24) is 5.16 Å². The van der Waals surface area contributed by atoms with Crippen molar-refractivity contribution in [3.63, 3.8) is 0 Å². The molecule has 0 spiro atoms. The maximum Gasteiger partial charge on any atom is 0.236 e. The Morgan fingerprint density at radius 2 is 1.95 bits per heavy atom. The molecule has 0 radical (unpaired) electrons. The standard InChI is InChI=1S/C12H6BrNO5/c1-18-5-3-2-4(15)6-7(5)10(17)11-8(9(6)16)12(13)14-19-11/h2-3,15H,1H3. The van der Waals surface area contributed by atoms with Crippen molar-refractivity contribution in [2.24, 2.45) is 0 Å². The number of carbonyl (C=O) groups is 2. The Hall–Kier alpha value is -2.15. The number of ether oxygens (including phenoxy) is 1. The van der Waals surface area contributed by atoms with E-state index >= 15 is 0 Å². The van der Waals surface area contributed by atoms with Gasteiger partial charge in [-0.1, -0.05) is 5.16 Å². The van der Waals surface area contributed by atoms with E-state index in [2.05, 4.69) is 21.1 Å². The molecule has 3 rings (SSSR count). The molecule has 0 fully saturated rings. The lowest BCUT2D eigenvalue weighted by molar-refractivity contribution is 0.0949. The number of hydrogen-bond donors (Lipinski definition) is 1. The lowest BCUT2D eigenvalue weighted by Crippen LogP contribution is -2.20. The summed E-state index contributed by atoms with van der Waals surface area (Å²) >= 11 is 3.04. The summed E-state index contributed by atoms with van der Waals surface area (Å²) in [6, 6.07) is 2.71. The van der Waals surface area contributed by atoms with E-state index in [4.69, 9.17) is 9.26 Å². The number of phenols is 1. The Labute approximate surface area is 115 Å². The molecule has 0 atom stereocenters. The van der Waals surface area contributed by atoms with Gasteiger partial charge >= 0.3 is 0 Å². The lowest BCUT2D eigenvalue weighted by atomic mass is 9.87. The number of phenolic OH excluding ortho intramolecular Hbond substituents is 1. The van der Waals surface area contributed by atoms with Crippen molar-refractivity contribution in [1.29, 1.82) is 0 Å². The number of nitrogens with zero attached hydrogens (tertiary/aromatic N) is 1. The molecule has 1 aromatic heterocycles. The zero-order valence-corrected chi connectivity index (χ0v) is 11.1. The molecule has 2 aromatic rings. The van der Waals surface area contributed by atoms with Crippen LogP contribution in [-0.2, 0) is 0 Å². The predicted molar refractivity (Wildman–Crippen MR) is 65.7 cm³/mol. The van der Waals surface area contributed by atoms with Crippen LogP contribution in [0.2, 0.25) is 0 Å². The summed E-state index contributed by atoms with van der Waals surface area (Å²) in [4.78, 5) is 24.6. The normalized spacial score (nSPS) is 13.2. The van der Waals surface area contributed by atoms with Crippen LogP contribution in [0.4, 0.5) is 0 Å². The molecule has 0 saturated heterocycles. The van der Waals surface area contributed by atoms with E-state index in [-0.39, 0.29) is 38.6 Å². The minimum absolute atomic E-state index is 0.0105. The third kappa shape index (κ3) is 1.45. The van der Waals surface area contributed by atoms with Gasteiger partial charge in [0.25, 0.3) is 0 Å². The van der Waals surface area contributed by atoms with Gasteiger partial charge in [-0.3, -0.25) is 9.59 Å². The van der Waals surface area contributed by atoms with E-state index in [1.54, 1.807) is 0 Å². The molecule has 0 amide bonds. The monoisotopic (exact) mass is 323 g/mol. The number of methoxy groups -OCH3 is 1. The first-order valence-electron chi connectivity index (χ1n) is 5.20. The van der Waals surface area contributed by atoms with Gasteiger partial charge in [0.15, 0.2) is 4.60 Å². The fourth-order valence-electron chi connectivity index (χ4n) is 2.06. The summed E-state index contributed by atoms with van der Waals surface area (Å²) in [5.74, 6) is -1.32. The van der Waals surface area contributed by atoms with E-state index in [0.717, 1.165) is 0 Å². The quantitative estimate of drug-likeness (QED) is 0.736. The second kappa shape index (κ2) is 3.92. The van der Waals surface area contributed by atoms with E-state index in [1.807, 2.05) is 0 Å². The van der Waals surface area contributed by atoms with Gasteiger partial charge in [0.2, 0.25) is 17.3 Å². The summed E-state index contributed by atoms with van der Waals surface area (Å²) in [7, 11) is 1.37. The van der Waals surface area contributed by atoms with Crippen LogP contribution in [-0.4, -0.2) is 28.9 Å². The summed E-state index contributed by atoms with van der Waals surface area (Å²) in [5.41, 5.74) is -0.0922. The minimum atomic E-state index is -0.546. The fourth-order valence-corrected chi connectivity index (χ4v) is 2.49. The maximum absolute atomic E-state index is 12.3. The van der Waals surface area contributed by atoms with Gasteiger partial charge in [0.05, 0.1) is 18.2 Å². The Morgan fingerprint density at radius 1 is 1.21 bits per heavy atom. The number of ketones is 2. The zero-order valence-electron chi connectivity index (χ0n) is 9.56. The predicted octanol–water partition coefficient (Wildman–Crippen LogP) is 1.93. The third-order valence-corrected chi connectivity index (χ3v) is 3.44. The Morgan fingerprint density at radius 3 is 2.63 bits per heavy atom. The number of hydrogen-bond acceptors (Lipinski definition) is 6. The SMILES string of the molecule is COc1ccc(O)c2c1C(=O)c1onc(Br)c1C2=O. The Bertz CT molecular complexity index is 734. The van der Waals surface area contributed by atoms with E-state index in [0.29, 0.717) is 0 Å². The first-order valence-corrected chi connectivity index (χ1v) is 6.00. The van der Waals surface area contributed by atoms with Gasteiger partial charge < -0.3 is 14.4 Å². The number of benzene rings is 1. The van der Waals surface area contributed by atoms with Crippen LogP contribution >= 0.6 is 15.9 Å². The molecule has 6 nitrogen and oxygen atoms in total. The fraction of sp³-hybridized carbons (Fsp3) is 0.0833. The number of aromatic hydroxyl groups is 1. The molecule has 1 N–H and O–H groups in total. The molecular weight excluding hydrogens is 318 g/mol. The Kier molecular flexibility index (Phi) is 2.46. The van der Waals surface area contributed by atoms with Gasteiger partial charge in [-0.2, -0.15) is 0 Å². The molecule has 0 bridgehead atoms. The van der Waals surface area contributed by atoms with Gasteiger partial charge in [-0.15, -0.1) is 0 Å². The molecule has 1 aromatic carbocycles. The van der Waals surface area contributed by atoms with E-state index in [1.165, 1.54) is 19.2 Å². The second-order valence-corrected chi connectivity index (χ2v) is 4.62. The number of halogens is 1. The highest BCUT2D eigenvalue weighted by Gasteiger charge is 2.39. The summed E-state index contributed by atoms with van der Waals surface area (Å²) in [5, 5.41) is 13.4. The largest absolute Gasteiger partial charge is 0.507 e. The highest BCUT2D eigenvalue weighted by Crippen LogP contribution is 2.39. The Balaban J connectivity index is 2.39. The van der Waals surface area contributed by atoms with Crippen LogP contribution in [0, 0.1) is 0 Å². The second-order valence-electron chi connectivity index (χ2n) is 3.87. The molecule has 1 heterocycles. The van der Waals surface area contributed by atoms with Crippen molar-refractivity contribution < 1.29 is 24.0 Å². The van der Waals surface area contributed by atoms with Crippen LogP contribution in [0.15, 0.2) is 21.3 Å². The van der Waals surface area contributed by atoms with Crippen LogP contribution in [0.25, 0.3) is 0 Å². The van der Waals surface area contributed by atoms with Crippen LogP contribution in [0.3, 0.4) is 0 Å². The molecule has 0 aliphatic heterocycles. The van der Waals surface area contributed by atoms with E-state index < -0.39 is 11.6 Å². The molecule has 1 aliphatic rings. The van der Waals surface area contributed by atoms with Crippen molar-refractivity contribution in [2.75, 3.05) is 7.11 Å². The van der Waals surface area contributed by atoms with Crippen molar-refractivity contribution in [3.8, 4) is 11.5 Å². The summed E-state index contributed by atoms with van der Waals surface area (Å²) < 4.78 is 10.0. The first kappa shape index (κ1) is 11.9. The van der Waals surface area contributed by atoms with Gasteiger partial charge in [-0.25, -0.2) is 0 Å². The van der Waals surface area contributed by atoms with Crippen molar-refractivity contribution in [2.45, 2.75) is 0 Å². The summed E-state index contributed by atoms with van der Waals surface area (Å²) in [6.07, 6.45) is 0. The molecule has 0 saturated carbocycles. The maximum atomic E-state index is 12.3. The van der Waals surface area contributed by atoms with Gasteiger partial charge in [0.1, 0.15) is 17.1 Å².